The summed E-state index contributed by atoms with van der Waals surface area (Å²) in [5.74, 6) is -0.223. The number of aromatic nitrogens is 2. The molecule has 0 saturated carbocycles. The van der Waals surface area contributed by atoms with E-state index >= 15 is 0 Å². The van der Waals surface area contributed by atoms with Gasteiger partial charge in [0.25, 0.3) is 10.0 Å². The number of nitrogens with one attached hydrogen (secondary N) is 2. The Hall–Kier alpha value is -2.35. The Morgan fingerprint density at radius 1 is 1.26 bits per heavy atom. The van der Waals surface area contributed by atoms with Crippen LogP contribution in [0.25, 0.3) is 0 Å². The van der Waals surface area contributed by atoms with Crippen molar-refractivity contribution in [1.82, 2.24) is 9.78 Å². The number of sulfonamides is 1. The van der Waals surface area contributed by atoms with Crippen molar-refractivity contribution in [2.75, 3.05) is 10.0 Å². The average Bonchev–Trinajstić information content (AvgIpc) is 2.81. The molecule has 0 fully saturated rings. The van der Waals surface area contributed by atoms with Crippen LogP contribution >= 0.6 is 0 Å². The van der Waals surface area contributed by atoms with Crippen molar-refractivity contribution >= 4 is 27.3 Å². The lowest BCUT2D eigenvalue weighted by Crippen LogP contribution is -2.14. The van der Waals surface area contributed by atoms with Crippen LogP contribution in [0.15, 0.2) is 35.4 Å². The van der Waals surface area contributed by atoms with Crippen molar-refractivity contribution < 1.29 is 13.2 Å². The van der Waals surface area contributed by atoms with Gasteiger partial charge in [0, 0.05) is 24.8 Å². The smallest absolute Gasteiger partial charge is 0.265 e. The van der Waals surface area contributed by atoms with E-state index in [1.165, 1.54) is 13.1 Å². The van der Waals surface area contributed by atoms with E-state index in [0.717, 1.165) is 0 Å². The Labute approximate surface area is 135 Å². The van der Waals surface area contributed by atoms with E-state index in [-0.39, 0.29) is 16.8 Å². The molecule has 0 spiro atoms. The third-order valence-corrected chi connectivity index (χ3v) is 4.61. The van der Waals surface area contributed by atoms with Gasteiger partial charge in [-0.3, -0.25) is 14.2 Å². The number of rotatable bonds is 5. The molecule has 7 nitrogen and oxygen atoms in total. The number of carbonyl (C=O) groups excluding carboxylic acids is 1. The first kappa shape index (κ1) is 17.0. The van der Waals surface area contributed by atoms with Gasteiger partial charge in [-0.1, -0.05) is 6.07 Å². The first-order chi connectivity index (χ1) is 10.7. The molecule has 1 amide bonds. The predicted octanol–water partition coefficient (Wildman–Crippen LogP) is 2.53. The fraction of sp³-hybridized carbons (Fsp3) is 0.333. The number of carbonyl (C=O) groups is 1. The summed E-state index contributed by atoms with van der Waals surface area (Å²) < 4.78 is 29.2. The molecule has 0 bridgehead atoms. The molecule has 2 aromatic rings. The van der Waals surface area contributed by atoms with Crippen LogP contribution in [-0.4, -0.2) is 24.1 Å². The summed E-state index contributed by atoms with van der Waals surface area (Å²) in [4.78, 5) is 11.2. The molecule has 1 heterocycles. The van der Waals surface area contributed by atoms with Crippen molar-refractivity contribution in [1.29, 1.82) is 0 Å². The SMILES string of the molecule is CC(=O)Nc1cccc(NS(=O)(=O)c2cn(C(C)C)nc2C)c1. The molecule has 2 rings (SSSR count). The maximum absolute atomic E-state index is 12.5. The van der Waals surface area contributed by atoms with Crippen LogP contribution in [0.1, 0.15) is 32.5 Å². The fourth-order valence-corrected chi connectivity index (χ4v) is 3.29. The molecule has 1 aromatic heterocycles. The molecule has 8 heteroatoms. The van der Waals surface area contributed by atoms with Gasteiger partial charge >= 0.3 is 0 Å². The van der Waals surface area contributed by atoms with E-state index in [9.17, 15) is 13.2 Å². The standard InChI is InChI=1S/C15H20N4O3S/c1-10(2)19-9-15(11(3)17-19)23(21,22)18-14-7-5-6-13(8-14)16-12(4)20/h5-10,18H,1-4H3,(H,16,20). The molecule has 0 aliphatic carbocycles. The third-order valence-electron chi connectivity index (χ3n) is 3.13. The normalized spacial score (nSPS) is 11.5. The number of aryl methyl sites for hydroxylation is 1. The van der Waals surface area contributed by atoms with E-state index in [1.54, 1.807) is 35.9 Å². The summed E-state index contributed by atoms with van der Waals surface area (Å²) in [7, 11) is -3.75. The summed E-state index contributed by atoms with van der Waals surface area (Å²) in [6, 6.07) is 6.59. The van der Waals surface area contributed by atoms with E-state index in [4.69, 9.17) is 0 Å². The van der Waals surface area contributed by atoms with Crippen molar-refractivity contribution in [3.63, 3.8) is 0 Å². The van der Waals surface area contributed by atoms with Crippen LogP contribution in [0.2, 0.25) is 0 Å². The zero-order chi connectivity index (χ0) is 17.2. The number of hydrogen-bond acceptors (Lipinski definition) is 4. The van der Waals surface area contributed by atoms with Crippen LogP contribution < -0.4 is 10.0 Å². The van der Waals surface area contributed by atoms with Gasteiger partial charge in [0.2, 0.25) is 5.91 Å². The first-order valence-corrected chi connectivity index (χ1v) is 8.63. The molecule has 0 unspecified atom stereocenters. The second-order valence-electron chi connectivity index (χ2n) is 5.52. The summed E-state index contributed by atoms with van der Waals surface area (Å²) in [5, 5.41) is 6.83. The van der Waals surface area contributed by atoms with Crippen LogP contribution in [-0.2, 0) is 14.8 Å². The van der Waals surface area contributed by atoms with Crippen molar-refractivity contribution in [3.8, 4) is 0 Å². The zero-order valence-corrected chi connectivity index (χ0v) is 14.3. The quantitative estimate of drug-likeness (QED) is 0.877. The Morgan fingerprint density at radius 3 is 2.48 bits per heavy atom. The van der Waals surface area contributed by atoms with Crippen LogP contribution in [0.4, 0.5) is 11.4 Å². The number of anilines is 2. The summed E-state index contributed by atoms with van der Waals surface area (Å²) in [6.07, 6.45) is 1.51. The molecule has 2 N–H and O–H groups in total. The van der Waals surface area contributed by atoms with Crippen LogP contribution in [0.5, 0.6) is 0 Å². The maximum Gasteiger partial charge on any atom is 0.265 e. The van der Waals surface area contributed by atoms with Gasteiger partial charge in [0.1, 0.15) is 4.90 Å². The minimum Gasteiger partial charge on any atom is -0.326 e. The minimum absolute atomic E-state index is 0.0701. The molecule has 23 heavy (non-hydrogen) atoms. The molecule has 0 atom stereocenters. The molecular formula is C15H20N4O3S. The van der Waals surface area contributed by atoms with Crippen LogP contribution in [0, 0.1) is 6.92 Å². The van der Waals surface area contributed by atoms with Gasteiger partial charge in [0.05, 0.1) is 11.4 Å². The number of benzene rings is 1. The van der Waals surface area contributed by atoms with E-state index in [1.807, 2.05) is 13.8 Å². The van der Waals surface area contributed by atoms with Gasteiger partial charge in [-0.05, 0) is 39.0 Å². The summed E-state index contributed by atoms with van der Waals surface area (Å²) in [6.45, 7) is 6.89. The third kappa shape index (κ3) is 4.10. The van der Waals surface area contributed by atoms with Gasteiger partial charge in [-0.15, -0.1) is 0 Å². The fourth-order valence-electron chi connectivity index (χ4n) is 2.07. The Morgan fingerprint density at radius 2 is 1.91 bits per heavy atom. The van der Waals surface area contributed by atoms with Crippen molar-refractivity contribution in [3.05, 3.63) is 36.2 Å². The Kier molecular flexibility index (Phi) is 4.74. The Balaban J connectivity index is 2.30. The lowest BCUT2D eigenvalue weighted by molar-refractivity contribution is -0.114. The largest absolute Gasteiger partial charge is 0.326 e. The highest BCUT2D eigenvalue weighted by Crippen LogP contribution is 2.22. The maximum atomic E-state index is 12.5. The molecular weight excluding hydrogens is 316 g/mol. The van der Waals surface area contributed by atoms with Gasteiger partial charge in [-0.2, -0.15) is 5.10 Å². The minimum atomic E-state index is -3.75. The van der Waals surface area contributed by atoms with Gasteiger partial charge in [0.15, 0.2) is 0 Å². The van der Waals surface area contributed by atoms with E-state index in [2.05, 4.69) is 15.1 Å². The van der Waals surface area contributed by atoms with Crippen LogP contribution in [0.3, 0.4) is 0 Å². The van der Waals surface area contributed by atoms with Crippen molar-refractivity contribution in [2.45, 2.75) is 38.6 Å². The Bertz CT molecular complexity index is 825. The van der Waals surface area contributed by atoms with Crippen molar-refractivity contribution in [2.24, 2.45) is 0 Å². The lowest BCUT2D eigenvalue weighted by Gasteiger charge is -2.09. The second-order valence-corrected chi connectivity index (χ2v) is 7.17. The molecule has 0 radical (unpaired) electrons. The zero-order valence-electron chi connectivity index (χ0n) is 13.5. The highest BCUT2D eigenvalue weighted by atomic mass is 32.2. The summed E-state index contributed by atoms with van der Waals surface area (Å²) in [5.41, 5.74) is 1.32. The topological polar surface area (TPSA) is 93.1 Å². The highest BCUT2D eigenvalue weighted by Gasteiger charge is 2.21. The average molecular weight is 336 g/mol. The predicted molar refractivity (Wildman–Crippen MR) is 88.9 cm³/mol. The first-order valence-electron chi connectivity index (χ1n) is 7.15. The second kappa shape index (κ2) is 6.41. The number of nitrogens with zero attached hydrogens (tertiary/aromatic N) is 2. The van der Waals surface area contributed by atoms with Gasteiger partial charge < -0.3 is 5.32 Å². The molecule has 0 aliphatic rings. The molecule has 124 valence electrons. The molecule has 0 saturated heterocycles. The summed E-state index contributed by atoms with van der Waals surface area (Å²) >= 11 is 0. The number of hydrogen-bond donors (Lipinski definition) is 2. The highest BCUT2D eigenvalue weighted by molar-refractivity contribution is 7.92. The molecule has 0 aliphatic heterocycles. The van der Waals surface area contributed by atoms with E-state index < -0.39 is 10.0 Å². The number of amides is 1. The van der Waals surface area contributed by atoms with Gasteiger partial charge in [-0.25, -0.2) is 8.42 Å². The van der Waals surface area contributed by atoms with E-state index in [0.29, 0.717) is 17.1 Å². The lowest BCUT2D eigenvalue weighted by atomic mass is 10.3. The molecule has 1 aromatic carbocycles. The monoisotopic (exact) mass is 336 g/mol.